The third kappa shape index (κ3) is 3.48. The number of hydrogen-bond donors (Lipinski definition) is 0. The SMILES string of the molecule is Cc1nsc(-c2nc(-c3ccc(F)cc3)c3n2CCN(C(=O)c2ccc(F)cc2)[C@@H]3C)n1. The number of imidazole rings is 1. The predicted molar refractivity (Wildman–Crippen MR) is 117 cm³/mol. The van der Waals surface area contributed by atoms with E-state index < -0.39 is 0 Å². The number of nitrogens with zero attached hydrogens (tertiary/aromatic N) is 5. The second kappa shape index (κ2) is 7.90. The molecule has 0 saturated carbocycles. The zero-order valence-electron chi connectivity index (χ0n) is 17.4. The van der Waals surface area contributed by atoms with E-state index in [0.29, 0.717) is 41.0 Å². The summed E-state index contributed by atoms with van der Waals surface area (Å²) >= 11 is 1.27. The first-order chi connectivity index (χ1) is 15.4. The Morgan fingerprint density at radius 2 is 1.66 bits per heavy atom. The number of fused-ring (bicyclic) bond motifs is 1. The van der Waals surface area contributed by atoms with Gasteiger partial charge in [-0.05, 0) is 73.9 Å². The highest BCUT2D eigenvalue weighted by Crippen LogP contribution is 2.38. The minimum Gasteiger partial charge on any atom is -0.329 e. The summed E-state index contributed by atoms with van der Waals surface area (Å²) in [7, 11) is 0. The molecule has 0 unspecified atom stereocenters. The summed E-state index contributed by atoms with van der Waals surface area (Å²) in [4.78, 5) is 24.3. The number of hydrogen-bond acceptors (Lipinski definition) is 5. The average molecular weight is 452 g/mol. The molecule has 0 bridgehead atoms. The maximum Gasteiger partial charge on any atom is 0.254 e. The Bertz CT molecular complexity index is 1300. The molecule has 0 saturated heterocycles. The van der Waals surface area contributed by atoms with Crippen molar-refractivity contribution in [2.45, 2.75) is 26.4 Å². The molecule has 5 rings (SSSR count). The first-order valence-electron chi connectivity index (χ1n) is 10.2. The van der Waals surface area contributed by atoms with E-state index in [9.17, 15) is 13.6 Å². The lowest BCUT2D eigenvalue weighted by molar-refractivity contribution is 0.0645. The summed E-state index contributed by atoms with van der Waals surface area (Å²) in [6, 6.07) is 11.4. The van der Waals surface area contributed by atoms with Crippen LogP contribution in [-0.4, -0.2) is 36.3 Å². The van der Waals surface area contributed by atoms with Gasteiger partial charge in [0.25, 0.3) is 5.91 Å². The number of aryl methyl sites for hydroxylation is 1. The summed E-state index contributed by atoms with van der Waals surface area (Å²) < 4.78 is 33.2. The molecule has 0 radical (unpaired) electrons. The first-order valence-corrected chi connectivity index (χ1v) is 10.9. The number of benzene rings is 2. The van der Waals surface area contributed by atoms with Crippen molar-refractivity contribution in [3.63, 3.8) is 0 Å². The van der Waals surface area contributed by atoms with Crippen LogP contribution < -0.4 is 0 Å². The molecule has 2 aromatic carbocycles. The number of carbonyl (C=O) groups is 1. The number of amides is 1. The van der Waals surface area contributed by atoms with Crippen LogP contribution in [0, 0.1) is 18.6 Å². The lowest BCUT2D eigenvalue weighted by Gasteiger charge is -2.35. The van der Waals surface area contributed by atoms with Crippen molar-refractivity contribution in [2.24, 2.45) is 0 Å². The maximum atomic E-state index is 13.6. The highest BCUT2D eigenvalue weighted by molar-refractivity contribution is 7.09. The van der Waals surface area contributed by atoms with Gasteiger partial charge in [-0.25, -0.2) is 18.7 Å². The molecule has 1 amide bonds. The fraction of sp³-hybridized carbons (Fsp3) is 0.217. The molecule has 4 aromatic rings. The van der Waals surface area contributed by atoms with Crippen LogP contribution in [0.2, 0.25) is 0 Å². The van der Waals surface area contributed by atoms with Gasteiger partial charge in [-0.15, -0.1) is 0 Å². The van der Waals surface area contributed by atoms with Gasteiger partial charge in [0.1, 0.15) is 17.5 Å². The van der Waals surface area contributed by atoms with E-state index in [2.05, 4.69) is 13.9 Å². The molecule has 1 aliphatic rings. The molecule has 0 fully saturated rings. The van der Waals surface area contributed by atoms with Gasteiger partial charge in [-0.2, -0.15) is 4.37 Å². The predicted octanol–water partition coefficient (Wildman–Crippen LogP) is 4.87. The number of aromatic nitrogens is 4. The zero-order valence-corrected chi connectivity index (χ0v) is 18.2. The van der Waals surface area contributed by atoms with E-state index in [-0.39, 0.29) is 23.6 Å². The molecular weight excluding hydrogens is 432 g/mol. The third-order valence-electron chi connectivity index (χ3n) is 5.62. The largest absolute Gasteiger partial charge is 0.329 e. The summed E-state index contributed by atoms with van der Waals surface area (Å²) in [6.07, 6.45) is 0. The van der Waals surface area contributed by atoms with Crippen LogP contribution in [-0.2, 0) is 6.54 Å². The van der Waals surface area contributed by atoms with Crippen LogP contribution in [0.4, 0.5) is 8.78 Å². The van der Waals surface area contributed by atoms with Gasteiger partial charge in [-0.1, -0.05) is 0 Å². The molecule has 6 nitrogen and oxygen atoms in total. The smallest absolute Gasteiger partial charge is 0.254 e. The normalized spacial score (nSPS) is 15.6. The molecule has 32 heavy (non-hydrogen) atoms. The van der Waals surface area contributed by atoms with Crippen LogP contribution >= 0.6 is 11.5 Å². The summed E-state index contributed by atoms with van der Waals surface area (Å²) in [5.41, 5.74) is 2.71. The van der Waals surface area contributed by atoms with Gasteiger partial charge in [0.05, 0.1) is 17.4 Å². The Morgan fingerprint density at radius 3 is 2.28 bits per heavy atom. The molecule has 1 aliphatic heterocycles. The molecule has 0 spiro atoms. The summed E-state index contributed by atoms with van der Waals surface area (Å²) in [6.45, 7) is 4.76. The van der Waals surface area contributed by atoms with E-state index in [1.807, 2.05) is 13.8 Å². The molecule has 9 heteroatoms. The molecule has 1 atom stereocenters. The Labute approximate surface area is 187 Å². The lowest BCUT2D eigenvalue weighted by Crippen LogP contribution is -2.41. The highest BCUT2D eigenvalue weighted by Gasteiger charge is 2.34. The van der Waals surface area contributed by atoms with E-state index in [0.717, 1.165) is 11.3 Å². The molecule has 0 aliphatic carbocycles. The van der Waals surface area contributed by atoms with E-state index >= 15 is 0 Å². The second-order valence-electron chi connectivity index (χ2n) is 7.66. The highest BCUT2D eigenvalue weighted by atomic mass is 32.1. The van der Waals surface area contributed by atoms with E-state index in [1.54, 1.807) is 17.0 Å². The first kappa shape index (κ1) is 20.4. The zero-order chi connectivity index (χ0) is 22.4. The van der Waals surface area contributed by atoms with Gasteiger partial charge in [-0.3, -0.25) is 4.79 Å². The third-order valence-corrected chi connectivity index (χ3v) is 6.43. The fourth-order valence-corrected chi connectivity index (χ4v) is 4.74. The van der Waals surface area contributed by atoms with E-state index in [1.165, 1.54) is 47.9 Å². The summed E-state index contributed by atoms with van der Waals surface area (Å²) in [5.74, 6) is 0.460. The van der Waals surface area contributed by atoms with Crippen molar-refractivity contribution in [3.8, 4) is 22.1 Å². The number of rotatable bonds is 3. The maximum absolute atomic E-state index is 13.6. The second-order valence-corrected chi connectivity index (χ2v) is 8.41. The molecule has 0 N–H and O–H groups in total. The van der Waals surface area contributed by atoms with Crippen molar-refractivity contribution < 1.29 is 13.6 Å². The molecular formula is C23H19F2N5OS. The van der Waals surface area contributed by atoms with Crippen LogP contribution in [0.25, 0.3) is 22.1 Å². The standard InChI is InChI=1S/C23H19F2N5OS/c1-13-20-19(15-3-7-17(24)8-4-15)27-21(22-26-14(2)28-32-22)30(20)12-11-29(13)23(31)16-5-9-18(25)10-6-16/h3-10,13H,11-12H2,1-2H3/t13-/m1/s1. The number of halogens is 2. The Hall–Kier alpha value is -3.46. The number of carbonyl (C=O) groups excluding carboxylic acids is 1. The average Bonchev–Trinajstić information content (AvgIpc) is 3.39. The minimum absolute atomic E-state index is 0.177. The van der Waals surface area contributed by atoms with Crippen molar-refractivity contribution in [3.05, 3.63) is 77.2 Å². The lowest BCUT2D eigenvalue weighted by atomic mass is 10.0. The van der Waals surface area contributed by atoms with Crippen molar-refractivity contribution in [1.29, 1.82) is 0 Å². The topological polar surface area (TPSA) is 63.9 Å². The van der Waals surface area contributed by atoms with Gasteiger partial charge < -0.3 is 9.47 Å². The Kier molecular flexibility index (Phi) is 5.05. The van der Waals surface area contributed by atoms with Crippen LogP contribution in [0.5, 0.6) is 0 Å². The fourth-order valence-electron chi connectivity index (χ4n) is 4.07. The van der Waals surface area contributed by atoms with Gasteiger partial charge >= 0.3 is 0 Å². The molecule has 2 aromatic heterocycles. The molecule has 162 valence electrons. The van der Waals surface area contributed by atoms with Gasteiger partial charge in [0.15, 0.2) is 10.8 Å². The van der Waals surface area contributed by atoms with Crippen LogP contribution in [0.3, 0.4) is 0 Å². The quantitative estimate of drug-likeness (QED) is 0.446. The Morgan fingerprint density at radius 1 is 1.00 bits per heavy atom. The van der Waals surface area contributed by atoms with Gasteiger partial charge in [0, 0.05) is 24.2 Å². The van der Waals surface area contributed by atoms with Gasteiger partial charge in [0.2, 0.25) is 0 Å². The summed E-state index contributed by atoms with van der Waals surface area (Å²) in [5, 5.41) is 0.697. The Balaban J connectivity index is 1.61. The van der Waals surface area contributed by atoms with E-state index in [4.69, 9.17) is 4.98 Å². The van der Waals surface area contributed by atoms with Crippen LogP contribution in [0.15, 0.2) is 48.5 Å². The van der Waals surface area contributed by atoms with Crippen LogP contribution in [0.1, 0.15) is 34.8 Å². The monoisotopic (exact) mass is 451 g/mol. The molecule has 3 heterocycles. The van der Waals surface area contributed by atoms with Crippen molar-refractivity contribution in [1.82, 2.24) is 23.8 Å². The minimum atomic E-state index is -0.387. The van der Waals surface area contributed by atoms with Crippen molar-refractivity contribution in [2.75, 3.05) is 6.54 Å². The van der Waals surface area contributed by atoms with Crippen molar-refractivity contribution >= 4 is 17.4 Å².